The molecule has 11 heavy (non-hydrogen) atoms. The fraction of sp³-hybridized carbons (Fsp3) is 0.625. The van der Waals surface area contributed by atoms with Crippen LogP contribution in [-0.4, -0.2) is 37.8 Å². The van der Waals surface area contributed by atoms with Gasteiger partial charge in [-0.1, -0.05) is 6.58 Å². The second-order valence-electron chi connectivity index (χ2n) is 2.73. The van der Waals surface area contributed by atoms with E-state index in [1.165, 1.54) is 0 Å². The molecule has 0 aliphatic heterocycles. The molecule has 0 aromatic rings. The zero-order valence-electron chi connectivity index (χ0n) is 7.57. The monoisotopic (exact) mass is 155 g/mol. The molecular weight excluding hydrogens is 138 g/mol. The summed E-state index contributed by atoms with van der Waals surface area (Å²) in [4.78, 5) is 1.97. The summed E-state index contributed by atoms with van der Waals surface area (Å²) in [6.07, 6.45) is 0. The molecule has 3 nitrogen and oxygen atoms in total. The van der Waals surface area contributed by atoms with Gasteiger partial charge in [-0.05, 0) is 14.0 Å². The summed E-state index contributed by atoms with van der Waals surface area (Å²) < 4.78 is 0. The van der Waals surface area contributed by atoms with Gasteiger partial charge in [0, 0.05) is 25.0 Å². The number of nitrogens with zero attached hydrogens (tertiary/aromatic N) is 1. The molecule has 3 heteroatoms. The summed E-state index contributed by atoms with van der Waals surface area (Å²) in [5.74, 6) is 0. The van der Waals surface area contributed by atoms with E-state index < -0.39 is 0 Å². The van der Waals surface area contributed by atoms with Gasteiger partial charge in [-0.25, -0.2) is 0 Å². The smallest absolute Gasteiger partial charge is 0.0546 e. The second-order valence-corrected chi connectivity index (χ2v) is 2.73. The first kappa shape index (κ1) is 10.2. The Morgan fingerprint density at radius 2 is 2.18 bits per heavy atom. The zero-order valence-corrected chi connectivity index (χ0v) is 7.57. The lowest BCUT2D eigenvalue weighted by molar-refractivity contribution is 0.460. The SMILES string of the molecule is C=C(CNC)N(C)CC(C)=N. The first-order chi connectivity index (χ1) is 5.07. The lowest BCUT2D eigenvalue weighted by Gasteiger charge is -2.20. The van der Waals surface area contributed by atoms with Crippen molar-refractivity contribution in [3.05, 3.63) is 12.3 Å². The minimum atomic E-state index is 0.657. The van der Waals surface area contributed by atoms with Crippen molar-refractivity contribution < 1.29 is 0 Å². The largest absolute Gasteiger partial charge is 0.372 e. The minimum Gasteiger partial charge on any atom is -0.372 e. The summed E-state index contributed by atoms with van der Waals surface area (Å²) in [7, 11) is 3.83. The van der Waals surface area contributed by atoms with Crippen LogP contribution in [0.3, 0.4) is 0 Å². The Morgan fingerprint density at radius 1 is 1.64 bits per heavy atom. The predicted octanol–water partition coefficient (Wildman–Crippen LogP) is 0.691. The highest BCUT2D eigenvalue weighted by Crippen LogP contribution is 1.95. The van der Waals surface area contributed by atoms with Crippen LogP contribution in [0.1, 0.15) is 6.92 Å². The molecule has 0 heterocycles. The van der Waals surface area contributed by atoms with Crippen molar-refractivity contribution in [2.75, 3.05) is 27.2 Å². The quantitative estimate of drug-likeness (QED) is 0.573. The van der Waals surface area contributed by atoms with Crippen molar-refractivity contribution in [1.29, 1.82) is 5.41 Å². The van der Waals surface area contributed by atoms with Gasteiger partial charge in [0.15, 0.2) is 0 Å². The molecule has 0 aromatic carbocycles. The Bertz CT molecular complexity index is 151. The third kappa shape index (κ3) is 4.56. The minimum absolute atomic E-state index is 0.657. The van der Waals surface area contributed by atoms with Crippen molar-refractivity contribution in [3.8, 4) is 0 Å². The van der Waals surface area contributed by atoms with E-state index in [2.05, 4.69) is 11.9 Å². The summed E-state index contributed by atoms with van der Waals surface area (Å²) in [5.41, 5.74) is 1.67. The van der Waals surface area contributed by atoms with Crippen LogP contribution in [0.25, 0.3) is 0 Å². The maximum absolute atomic E-state index is 7.25. The highest BCUT2D eigenvalue weighted by atomic mass is 15.1. The van der Waals surface area contributed by atoms with Crippen LogP contribution in [0.4, 0.5) is 0 Å². The summed E-state index contributed by atoms with van der Waals surface area (Å²) in [6.45, 7) is 7.11. The summed E-state index contributed by atoms with van der Waals surface area (Å²) in [6, 6.07) is 0. The van der Waals surface area contributed by atoms with Gasteiger partial charge in [0.2, 0.25) is 0 Å². The van der Waals surface area contributed by atoms with Crippen LogP contribution in [0.15, 0.2) is 12.3 Å². The van der Waals surface area contributed by atoms with E-state index >= 15 is 0 Å². The molecule has 0 bridgehead atoms. The predicted molar refractivity (Wildman–Crippen MR) is 49.1 cm³/mol. The number of rotatable bonds is 5. The van der Waals surface area contributed by atoms with Gasteiger partial charge < -0.3 is 15.6 Å². The normalized spacial score (nSPS) is 9.36. The maximum atomic E-state index is 7.25. The average Bonchev–Trinajstić information content (AvgIpc) is 1.86. The van der Waals surface area contributed by atoms with Crippen molar-refractivity contribution in [2.45, 2.75) is 6.92 Å². The van der Waals surface area contributed by atoms with Crippen molar-refractivity contribution in [1.82, 2.24) is 10.2 Å². The van der Waals surface area contributed by atoms with E-state index in [4.69, 9.17) is 5.41 Å². The molecule has 0 radical (unpaired) electrons. The summed E-state index contributed by atoms with van der Waals surface area (Å²) in [5, 5.41) is 10.3. The molecule has 0 saturated heterocycles. The molecule has 0 aliphatic carbocycles. The van der Waals surface area contributed by atoms with Gasteiger partial charge in [0.25, 0.3) is 0 Å². The Morgan fingerprint density at radius 3 is 2.55 bits per heavy atom. The van der Waals surface area contributed by atoms with Crippen molar-refractivity contribution in [2.24, 2.45) is 0 Å². The molecule has 0 atom stereocenters. The molecule has 0 amide bonds. The molecule has 0 fully saturated rings. The summed E-state index contributed by atoms with van der Waals surface area (Å²) >= 11 is 0. The van der Waals surface area contributed by atoms with Crippen molar-refractivity contribution in [3.63, 3.8) is 0 Å². The third-order valence-corrected chi connectivity index (χ3v) is 1.40. The first-order valence-electron chi connectivity index (χ1n) is 3.65. The molecule has 0 saturated carbocycles. The number of hydrogen-bond acceptors (Lipinski definition) is 3. The van der Waals surface area contributed by atoms with Gasteiger partial charge in [-0.2, -0.15) is 0 Å². The van der Waals surface area contributed by atoms with Crippen LogP contribution in [-0.2, 0) is 0 Å². The molecular formula is C8H17N3. The van der Waals surface area contributed by atoms with Gasteiger partial charge in [0.05, 0.1) is 6.54 Å². The molecule has 0 rings (SSSR count). The van der Waals surface area contributed by atoms with Gasteiger partial charge in [-0.15, -0.1) is 0 Å². The molecule has 64 valence electrons. The molecule has 0 aliphatic rings. The lowest BCUT2D eigenvalue weighted by Crippen LogP contribution is -2.28. The number of likely N-dealkylation sites (N-methyl/N-ethyl adjacent to an activating group) is 2. The van der Waals surface area contributed by atoms with E-state index in [0.29, 0.717) is 12.3 Å². The Kier molecular flexibility index (Phi) is 4.54. The van der Waals surface area contributed by atoms with Crippen LogP contribution in [0.5, 0.6) is 0 Å². The second kappa shape index (κ2) is 4.91. The molecule has 2 N–H and O–H groups in total. The molecule has 0 unspecified atom stereocenters. The average molecular weight is 155 g/mol. The third-order valence-electron chi connectivity index (χ3n) is 1.40. The highest BCUT2D eigenvalue weighted by molar-refractivity contribution is 5.80. The maximum Gasteiger partial charge on any atom is 0.0546 e. The number of nitrogens with one attached hydrogen (secondary N) is 2. The first-order valence-corrected chi connectivity index (χ1v) is 3.65. The fourth-order valence-corrected chi connectivity index (χ4v) is 0.807. The van der Waals surface area contributed by atoms with Gasteiger partial charge in [0.1, 0.15) is 0 Å². The van der Waals surface area contributed by atoms with E-state index in [1.807, 2.05) is 19.0 Å². The standard InChI is InChI=1S/C8H17N3/c1-7(9)6-11(4)8(2)5-10-3/h9-10H,2,5-6H2,1,3-4H3. The molecule has 0 aromatic heterocycles. The van der Waals surface area contributed by atoms with E-state index in [9.17, 15) is 0 Å². The van der Waals surface area contributed by atoms with E-state index in [0.717, 1.165) is 12.2 Å². The lowest BCUT2D eigenvalue weighted by atomic mass is 10.3. The topological polar surface area (TPSA) is 39.1 Å². The zero-order chi connectivity index (χ0) is 8.85. The highest BCUT2D eigenvalue weighted by Gasteiger charge is 2.00. The van der Waals surface area contributed by atoms with E-state index in [-0.39, 0.29) is 0 Å². The molecule has 0 spiro atoms. The number of hydrogen-bond donors (Lipinski definition) is 2. The van der Waals surface area contributed by atoms with E-state index in [1.54, 1.807) is 6.92 Å². The van der Waals surface area contributed by atoms with Crippen LogP contribution >= 0.6 is 0 Å². The van der Waals surface area contributed by atoms with Gasteiger partial charge in [-0.3, -0.25) is 0 Å². The van der Waals surface area contributed by atoms with Crippen LogP contribution in [0.2, 0.25) is 0 Å². The Labute approximate surface area is 68.6 Å². The Hall–Kier alpha value is -0.830. The van der Waals surface area contributed by atoms with Gasteiger partial charge >= 0.3 is 0 Å². The van der Waals surface area contributed by atoms with Crippen molar-refractivity contribution >= 4 is 5.71 Å². The van der Waals surface area contributed by atoms with Crippen LogP contribution < -0.4 is 5.32 Å². The fourth-order valence-electron chi connectivity index (χ4n) is 0.807. The van der Waals surface area contributed by atoms with Crippen LogP contribution in [0, 0.1) is 5.41 Å². The Balaban J connectivity index is 3.73.